The molecule has 0 atom stereocenters. The normalized spacial score (nSPS) is 11.8. The summed E-state index contributed by atoms with van der Waals surface area (Å²) in [5, 5.41) is 2.21. The minimum absolute atomic E-state index is 0.167. The zero-order valence-electron chi connectivity index (χ0n) is 15.6. The fourth-order valence-corrected chi connectivity index (χ4v) is 4.48. The van der Waals surface area contributed by atoms with Crippen molar-refractivity contribution in [2.24, 2.45) is 4.99 Å². The number of allylic oxidation sites excluding steroid dienone is 1. The first-order chi connectivity index (χ1) is 13.7. The number of fused-ring (bicyclic) bond motifs is 2. The number of benzene rings is 3. The number of carbonyl (C=O) groups excluding carboxylic acids is 1. The number of aromatic nitrogens is 1. The van der Waals surface area contributed by atoms with Gasteiger partial charge < -0.3 is 9.30 Å². The molecule has 0 unspecified atom stereocenters. The molecule has 4 rings (SSSR count). The Morgan fingerprint density at radius 1 is 1.14 bits per heavy atom. The number of ether oxygens (including phenoxy) is 1. The molecule has 0 N–H and O–H groups in total. The quantitative estimate of drug-likeness (QED) is 0.464. The van der Waals surface area contributed by atoms with E-state index in [0.717, 1.165) is 32.3 Å². The smallest absolute Gasteiger partial charge is 0.252 e. The van der Waals surface area contributed by atoms with Crippen LogP contribution in [0.25, 0.3) is 21.0 Å². The van der Waals surface area contributed by atoms with E-state index in [9.17, 15) is 4.79 Å². The average molecular weight is 388 g/mol. The number of thiazole rings is 1. The maximum atomic E-state index is 12.8. The molecule has 4 nitrogen and oxygen atoms in total. The lowest BCUT2D eigenvalue weighted by molar-refractivity contribution is -0.117. The molecule has 0 bridgehead atoms. The molecule has 0 saturated carbocycles. The lowest BCUT2D eigenvalue weighted by Gasteiger charge is -2.06. The van der Waals surface area contributed by atoms with Crippen LogP contribution in [0.3, 0.4) is 0 Å². The van der Waals surface area contributed by atoms with Gasteiger partial charge in [0.1, 0.15) is 11.3 Å². The minimum Gasteiger partial charge on any atom is -0.495 e. The van der Waals surface area contributed by atoms with Crippen LogP contribution in [0.15, 0.2) is 78.3 Å². The molecular formula is C23H20N2O2S. The van der Waals surface area contributed by atoms with Crippen molar-refractivity contribution < 1.29 is 9.53 Å². The summed E-state index contributed by atoms with van der Waals surface area (Å²) in [6.07, 6.45) is 2.06. The summed E-state index contributed by atoms with van der Waals surface area (Å²) in [6, 6.07) is 20.0. The van der Waals surface area contributed by atoms with E-state index < -0.39 is 0 Å². The second kappa shape index (κ2) is 7.82. The fourth-order valence-electron chi connectivity index (χ4n) is 3.40. The zero-order chi connectivity index (χ0) is 19.5. The molecule has 1 aromatic heterocycles. The number of carbonyl (C=O) groups is 1. The first kappa shape index (κ1) is 18.2. The van der Waals surface area contributed by atoms with E-state index in [2.05, 4.69) is 23.7 Å². The van der Waals surface area contributed by atoms with Gasteiger partial charge in [-0.05, 0) is 28.5 Å². The first-order valence-corrected chi connectivity index (χ1v) is 9.84. The summed E-state index contributed by atoms with van der Waals surface area (Å²) in [4.78, 5) is 17.9. The Kier molecular flexibility index (Phi) is 5.08. The van der Waals surface area contributed by atoms with Gasteiger partial charge in [0, 0.05) is 6.54 Å². The van der Waals surface area contributed by atoms with Gasteiger partial charge >= 0.3 is 0 Å². The Hall–Kier alpha value is -3.18. The van der Waals surface area contributed by atoms with Crippen molar-refractivity contribution in [3.63, 3.8) is 0 Å². The van der Waals surface area contributed by atoms with Gasteiger partial charge in [0.25, 0.3) is 5.91 Å². The summed E-state index contributed by atoms with van der Waals surface area (Å²) < 4.78 is 8.51. The third-order valence-corrected chi connectivity index (χ3v) is 5.68. The number of methoxy groups -OCH3 is 1. The topological polar surface area (TPSA) is 43.6 Å². The standard InChI is InChI=1S/C23H20N2O2S/c1-3-14-25-22-19(27-2)12-7-13-20(22)28-23(25)24-21(26)15-17-10-6-9-16-8-4-5-11-18(16)17/h3-13H,1,14-15H2,2H3. The van der Waals surface area contributed by atoms with E-state index >= 15 is 0 Å². The molecule has 3 aromatic carbocycles. The lowest BCUT2D eigenvalue weighted by Crippen LogP contribution is -2.17. The highest BCUT2D eigenvalue weighted by Gasteiger charge is 2.12. The van der Waals surface area contributed by atoms with Gasteiger partial charge in [-0.25, -0.2) is 0 Å². The summed E-state index contributed by atoms with van der Waals surface area (Å²) in [7, 11) is 1.65. The summed E-state index contributed by atoms with van der Waals surface area (Å²) in [5.41, 5.74) is 1.92. The van der Waals surface area contributed by atoms with Crippen molar-refractivity contribution in [2.45, 2.75) is 13.0 Å². The molecule has 4 aromatic rings. The molecular weight excluding hydrogens is 368 g/mol. The molecule has 1 amide bonds. The molecule has 0 fully saturated rings. The largest absolute Gasteiger partial charge is 0.495 e. The van der Waals surface area contributed by atoms with E-state index in [4.69, 9.17) is 4.74 Å². The van der Waals surface area contributed by atoms with Crippen molar-refractivity contribution in [1.82, 2.24) is 4.57 Å². The molecule has 0 aliphatic carbocycles. The predicted octanol–water partition coefficient (Wildman–Crippen LogP) is 4.72. The number of para-hydroxylation sites is 1. The van der Waals surface area contributed by atoms with Crippen molar-refractivity contribution in [2.75, 3.05) is 7.11 Å². The molecule has 5 heteroatoms. The second-order valence-corrected chi connectivity index (χ2v) is 7.42. The molecule has 0 spiro atoms. The van der Waals surface area contributed by atoms with Crippen LogP contribution in [0.2, 0.25) is 0 Å². The maximum Gasteiger partial charge on any atom is 0.252 e. The van der Waals surface area contributed by atoms with Crippen LogP contribution in [-0.4, -0.2) is 17.6 Å². The van der Waals surface area contributed by atoms with Crippen LogP contribution in [0.1, 0.15) is 5.56 Å². The summed E-state index contributed by atoms with van der Waals surface area (Å²) >= 11 is 1.48. The van der Waals surface area contributed by atoms with Crippen LogP contribution in [-0.2, 0) is 17.8 Å². The highest BCUT2D eigenvalue weighted by Crippen LogP contribution is 2.27. The Morgan fingerprint density at radius 3 is 2.75 bits per heavy atom. The van der Waals surface area contributed by atoms with Crippen molar-refractivity contribution in [1.29, 1.82) is 0 Å². The Labute approximate surface area is 167 Å². The van der Waals surface area contributed by atoms with Gasteiger partial charge in [0.15, 0.2) is 4.80 Å². The predicted molar refractivity (Wildman–Crippen MR) is 115 cm³/mol. The van der Waals surface area contributed by atoms with Crippen molar-refractivity contribution >= 4 is 38.2 Å². The Morgan fingerprint density at radius 2 is 1.93 bits per heavy atom. The zero-order valence-corrected chi connectivity index (χ0v) is 16.4. The first-order valence-electron chi connectivity index (χ1n) is 9.02. The third-order valence-electron chi connectivity index (χ3n) is 4.64. The minimum atomic E-state index is -0.167. The van der Waals surface area contributed by atoms with Gasteiger partial charge in [-0.3, -0.25) is 4.79 Å². The van der Waals surface area contributed by atoms with Crippen molar-refractivity contribution in [3.8, 4) is 5.75 Å². The second-order valence-electron chi connectivity index (χ2n) is 6.41. The molecule has 28 heavy (non-hydrogen) atoms. The monoisotopic (exact) mass is 388 g/mol. The summed E-state index contributed by atoms with van der Waals surface area (Å²) in [6.45, 7) is 4.39. The van der Waals surface area contributed by atoms with E-state index in [1.54, 1.807) is 13.2 Å². The van der Waals surface area contributed by atoms with Crippen LogP contribution in [0, 0.1) is 0 Å². The molecule has 0 saturated heterocycles. The van der Waals surface area contributed by atoms with E-state index in [1.165, 1.54) is 11.3 Å². The van der Waals surface area contributed by atoms with Crippen LogP contribution >= 0.6 is 11.3 Å². The van der Waals surface area contributed by atoms with E-state index in [-0.39, 0.29) is 12.3 Å². The number of amides is 1. The molecule has 0 radical (unpaired) electrons. The van der Waals surface area contributed by atoms with E-state index in [1.807, 2.05) is 53.1 Å². The molecule has 140 valence electrons. The van der Waals surface area contributed by atoms with Crippen LogP contribution < -0.4 is 9.54 Å². The number of rotatable bonds is 5. The number of hydrogen-bond donors (Lipinski definition) is 0. The van der Waals surface area contributed by atoms with Crippen molar-refractivity contribution in [3.05, 3.63) is 83.7 Å². The number of hydrogen-bond acceptors (Lipinski definition) is 3. The molecule has 1 heterocycles. The Bertz CT molecular complexity index is 1250. The Balaban J connectivity index is 1.78. The van der Waals surface area contributed by atoms with Gasteiger partial charge in [0.05, 0.1) is 18.2 Å². The SMILES string of the molecule is C=CCn1c(=NC(=O)Cc2cccc3ccccc23)sc2cccc(OC)c21. The fraction of sp³-hybridized carbons (Fsp3) is 0.130. The van der Waals surface area contributed by atoms with Gasteiger partial charge in [-0.15, -0.1) is 6.58 Å². The van der Waals surface area contributed by atoms with Gasteiger partial charge in [-0.2, -0.15) is 4.99 Å². The highest BCUT2D eigenvalue weighted by molar-refractivity contribution is 7.16. The highest BCUT2D eigenvalue weighted by atomic mass is 32.1. The molecule has 0 aliphatic heterocycles. The number of nitrogens with zero attached hydrogens (tertiary/aromatic N) is 2. The average Bonchev–Trinajstić information content (AvgIpc) is 3.05. The maximum absolute atomic E-state index is 12.8. The van der Waals surface area contributed by atoms with Crippen LogP contribution in [0.4, 0.5) is 0 Å². The molecule has 0 aliphatic rings. The van der Waals surface area contributed by atoms with Gasteiger partial charge in [0.2, 0.25) is 0 Å². The van der Waals surface area contributed by atoms with Gasteiger partial charge in [-0.1, -0.05) is 65.9 Å². The lowest BCUT2D eigenvalue weighted by atomic mass is 10.0. The van der Waals surface area contributed by atoms with E-state index in [0.29, 0.717) is 11.3 Å². The third kappa shape index (κ3) is 3.37. The van der Waals surface area contributed by atoms with Crippen LogP contribution in [0.5, 0.6) is 5.75 Å². The summed E-state index contributed by atoms with van der Waals surface area (Å²) in [5.74, 6) is 0.596.